The molecule has 1 unspecified atom stereocenters. The van der Waals surface area contributed by atoms with E-state index < -0.39 is 17.4 Å². The molecule has 4 rings (SSSR count). The number of para-hydroxylation sites is 1. The number of carbonyl (C=O) groups excluding carboxylic acids is 1. The lowest BCUT2D eigenvalue weighted by atomic mass is 9.81. The summed E-state index contributed by atoms with van der Waals surface area (Å²) in [4.78, 5) is 16.2. The van der Waals surface area contributed by atoms with E-state index in [1.807, 2.05) is 30.3 Å². The Labute approximate surface area is 164 Å². The van der Waals surface area contributed by atoms with Crippen molar-refractivity contribution in [2.45, 2.75) is 37.5 Å². The maximum atomic E-state index is 13.0. The van der Waals surface area contributed by atoms with Gasteiger partial charge in [0, 0.05) is 32.5 Å². The van der Waals surface area contributed by atoms with Crippen LogP contribution in [0.2, 0.25) is 0 Å². The Hall–Kier alpha value is -2.44. The van der Waals surface area contributed by atoms with Crippen molar-refractivity contribution in [3.63, 3.8) is 0 Å². The minimum Gasteiger partial charge on any atom is -0.437 e. The molecular formula is C22H25FN2O3. The number of nitrogens with zero attached hydrogens (tertiary/aromatic N) is 2. The molecule has 0 saturated carbocycles. The van der Waals surface area contributed by atoms with Crippen LogP contribution >= 0.6 is 0 Å². The van der Waals surface area contributed by atoms with Gasteiger partial charge in [-0.3, -0.25) is 0 Å². The third-order valence-electron chi connectivity index (χ3n) is 6.07. The molecule has 6 heteroatoms. The second-order valence-corrected chi connectivity index (χ2v) is 7.77. The summed E-state index contributed by atoms with van der Waals surface area (Å²) in [5.41, 5.74) is -0.592. The molecule has 1 spiro atoms. The molecule has 0 aliphatic carbocycles. The van der Waals surface area contributed by atoms with Crippen molar-refractivity contribution < 1.29 is 19.0 Å². The molecule has 0 aromatic heterocycles. The lowest BCUT2D eigenvalue weighted by molar-refractivity contribution is -0.124. The number of hydrogen-bond acceptors (Lipinski definition) is 4. The van der Waals surface area contributed by atoms with E-state index in [-0.39, 0.29) is 5.82 Å². The molecule has 2 aromatic carbocycles. The van der Waals surface area contributed by atoms with Crippen molar-refractivity contribution in [1.29, 1.82) is 0 Å². The Morgan fingerprint density at radius 2 is 1.71 bits per heavy atom. The zero-order valence-corrected chi connectivity index (χ0v) is 16.0. The SMILES string of the molecule is CC1(O)N(c2ccccc2)C(=O)OC12CCN(CCc1ccc(F)cc1)CC2. The molecule has 2 aliphatic heterocycles. The first-order chi connectivity index (χ1) is 13.4. The van der Waals surface area contributed by atoms with Crippen molar-refractivity contribution in [1.82, 2.24) is 4.90 Å². The first-order valence-corrected chi connectivity index (χ1v) is 9.69. The molecule has 1 amide bonds. The van der Waals surface area contributed by atoms with Gasteiger partial charge in [0.25, 0.3) is 0 Å². The monoisotopic (exact) mass is 384 g/mol. The van der Waals surface area contributed by atoms with E-state index >= 15 is 0 Å². The van der Waals surface area contributed by atoms with Crippen LogP contribution in [0.1, 0.15) is 25.3 Å². The van der Waals surface area contributed by atoms with Gasteiger partial charge in [-0.1, -0.05) is 30.3 Å². The molecule has 2 saturated heterocycles. The second-order valence-electron chi connectivity index (χ2n) is 7.77. The highest BCUT2D eigenvalue weighted by Crippen LogP contribution is 2.46. The molecule has 2 aromatic rings. The fourth-order valence-corrected chi connectivity index (χ4v) is 4.28. The van der Waals surface area contributed by atoms with Gasteiger partial charge in [0.05, 0.1) is 5.69 Å². The zero-order valence-electron chi connectivity index (χ0n) is 16.0. The van der Waals surface area contributed by atoms with Crippen molar-refractivity contribution >= 4 is 11.8 Å². The smallest absolute Gasteiger partial charge is 0.417 e. The fourth-order valence-electron chi connectivity index (χ4n) is 4.28. The van der Waals surface area contributed by atoms with Crippen LogP contribution in [0.5, 0.6) is 0 Å². The molecule has 148 valence electrons. The van der Waals surface area contributed by atoms with Gasteiger partial charge in [-0.2, -0.15) is 0 Å². The Balaban J connectivity index is 1.42. The minimum atomic E-state index is -1.41. The van der Waals surface area contributed by atoms with Crippen LogP contribution in [0.15, 0.2) is 54.6 Å². The van der Waals surface area contributed by atoms with E-state index in [1.54, 1.807) is 19.1 Å². The number of likely N-dealkylation sites (tertiary alicyclic amines) is 1. The number of aliphatic hydroxyl groups is 1. The van der Waals surface area contributed by atoms with Crippen LogP contribution in [-0.2, 0) is 11.2 Å². The molecule has 2 fully saturated rings. The standard InChI is InChI=1S/C22H25FN2O3/c1-21(27)22(28-20(26)25(21)19-5-3-2-4-6-19)12-15-24(16-13-22)14-11-17-7-9-18(23)10-8-17/h2-10,27H,11-16H2,1H3. The first kappa shape index (κ1) is 18.9. The predicted molar refractivity (Wildman–Crippen MR) is 105 cm³/mol. The average molecular weight is 384 g/mol. The van der Waals surface area contributed by atoms with Gasteiger partial charge < -0.3 is 14.7 Å². The highest BCUT2D eigenvalue weighted by molar-refractivity contribution is 5.92. The van der Waals surface area contributed by atoms with Crippen molar-refractivity contribution in [2.24, 2.45) is 0 Å². The van der Waals surface area contributed by atoms with E-state index in [4.69, 9.17) is 4.74 Å². The second kappa shape index (κ2) is 7.18. The number of benzene rings is 2. The number of amides is 1. The number of rotatable bonds is 4. The van der Waals surface area contributed by atoms with Gasteiger partial charge in [-0.15, -0.1) is 0 Å². The van der Waals surface area contributed by atoms with Gasteiger partial charge in [0.1, 0.15) is 5.82 Å². The topological polar surface area (TPSA) is 53.0 Å². The lowest BCUT2D eigenvalue weighted by Gasteiger charge is -2.44. The highest BCUT2D eigenvalue weighted by atomic mass is 19.1. The van der Waals surface area contributed by atoms with E-state index in [0.29, 0.717) is 18.5 Å². The third kappa shape index (κ3) is 3.27. The molecular weight excluding hydrogens is 359 g/mol. The Morgan fingerprint density at radius 3 is 2.36 bits per heavy atom. The maximum absolute atomic E-state index is 13.0. The molecule has 2 aliphatic rings. The molecule has 28 heavy (non-hydrogen) atoms. The number of halogens is 1. The number of hydrogen-bond donors (Lipinski definition) is 1. The molecule has 2 heterocycles. The van der Waals surface area contributed by atoms with Crippen LogP contribution in [0.4, 0.5) is 14.9 Å². The number of anilines is 1. The van der Waals surface area contributed by atoms with E-state index in [0.717, 1.165) is 31.6 Å². The molecule has 0 bridgehead atoms. The Kier molecular flexibility index (Phi) is 4.85. The number of carbonyl (C=O) groups is 1. The van der Waals surface area contributed by atoms with Crippen LogP contribution in [-0.4, -0.2) is 47.1 Å². The summed E-state index contributed by atoms with van der Waals surface area (Å²) < 4.78 is 18.8. The number of piperidine rings is 1. The fraction of sp³-hybridized carbons (Fsp3) is 0.409. The van der Waals surface area contributed by atoms with Crippen molar-refractivity contribution in [2.75, 3.05) is 24.5 Å². The van der Waals surface area contributed by atoms with Crippen LogP contribution in [0.3, 0.4) is 0 Å². The average Bonchev–Trinajstić information content (AvgIpc) is 2.88. The summed E-state index contributed by atoms with van der Waals surface area (Å²) in [7, 11) is 0. The Morgan fingerprint density at radius 1 is 1.07 bits per heavy atom. The van der Waals surface area contributed by atoms with Gasteiger partial charge in [0.2, 0.25) is 0 Å². The van der Waals surface area contributed by atoms with E-state index in [1.165, 1.54) is 17.0 Å². The van der Waals surface area contributed by atoms with E-state index in [2.05, 4.69) is 4.90 Å². The van der Waals surface area contributed by atoms with E-state index in [9.17, 15) is 14.3 Å². The van der Waals surface area contributed by atoms with Crippen LogP contribution in [0.25, 0.3) is 0 Å². The lowest BCUT2D eigenvalue weighted by Crippen LogP contribution is -2.60. The summed E-state index contributed by atoms with van der Waals surface area (Å²) in [5.74, 6) is -0.225. The van der Waals surface area contributed by atoms with Gasteiger partial charge >= 0.3 is 6.09 Å². The van der Waals surface area contributed by atoms with Gasteiger partial charge in [-0.05, 0) is 43.2 Å². The summed E-state index contributed by atoms with van der Waals surface area (Å²) >= 11 is 0. The quantitative estimate of drug-likeness (QED) is 0.876. The number of ether oxygens (including phenoxy) is 1. The Bertz CT molecular complexity index is 831. The molecule has 1 atom stereocenters. The summed E-state index contributed by atoms with van der Waals surface area (Å²) in [6.07, 6.45) is 1.47. The van der Waals surface area contributed by atoms with Crippen LogP contribution in [0, 0.1) is 5.82 Å². The first-order valence-electron chi connectivity index (χ1n) is 9.69. The zero-order chi connectivity index (χ0) is 19.8. The summed E-state index contributed by atoms with van der Waals surface area (Å²) in [5, 5.41) is 11.3. The summed E-state index contributed by atoms with van der Waals surface area (Å²) in [6, 6.07) is 15.7. The summed E-state index contributed by atoms with van der Waals surface area (Å²) in [6.45, 7) is 3.97. The predicted octanol–water partition coefficient (Wildman–Crippen LogP) is 3.57. The normalized spacial score (nSPS) is 24.5. The third-order valence-corrected chi connectivity index (χ3v) is 6.07. The van der Waals surface area contributed by atoms with Crippen molar-refractivity contribution in [3.8, 4) is 0 Å². The van der Waals surface area contributed by atoms with Crippen molar-refractivity contribution in [3.05, 3.63) is 66.0 Å². The molecule has 1 N–H and O–H groups in total. The van der Waals surface area contributed by atoms with Gasteiger partial charge in [0.15, 0.2) is 11.3 Å². The highest BCUT2D eigenvalue weighted by Gasteiger charge is 2.63. The molecule has 0 radical (unpaired) electrons. The van der Waals surface area contributed by atoms with Crippen LogP contribution < -0.4 is 4.90 Å². The largest absolute Gasteiger partial charge is 0.437 e. The van der Waals surface area contributed by atoms with Gasteiger partial charge in [-0.25, -0.2) is 14.1 Å². The minimum absolute atomic E-state index is 0.225. The molecule has 5 nitrogen and oxygen atoms in total. The maximum Gasteiger partial charge on any atom is 0.417 e.